The van der Waals surface area contributed by atoms with Gasteiger partial charge in [0.25, 0.3) is 5.56 Å². The van der Waals surface area contributed by atoms with E-state index in [1.165, 1.54) is 22.6 Å². The zero-order valence-electron chi connectivity index (χ0n) is 14.1. The lowest BCUT2D eigenvalue weighted by atomic mass is 10.1. The minimum Gasteiger partial charge on any atom is -0.357 e. The minimum absolute atomic E-state index is 0.0754. The predicted molar refractivity (Wildman–Crippen MR) is 85.4 cm³/mol. The van der Waals surface area contributed by atoms with Gasteiger partial charge in [-0.15, -0.1) is 0 Å². The van der Waals surface area contributed by atoms with Crippen LogP contribution in [-0.4, -0.2) is 52.9 Å². The third-order valence-corrected chi connectivity index (χ3v) is 4.48. The van der Waals surface area contributed by atoms with E-state index in [2.05, 4.69) is 0 Å². The van der Waals surface area contributed by atoms with E-state index in [0.29, 0.717) is 32.0 Å². The fourth-order valence-electron chi connectivity index (χ4n) is 3.14. The summed E-state index contributed by atoms with van der Waals surface area (Å²) < 4.78 is 40.1. The monoisotopic (exact) mass is 348 g/mol. The number of hydrogen-bond donors (Lipinski definition) is 0. The van der Waals surface area contributed by atoms with E-state index in [4.69, 9.17) is 0 Å². The summed E-state index contributed by atoms with van der Waals surface area (Å²) in [5.74, 6) is 0.593. The molecule has 2 heterocycles. The van der Waals surface area contributed by atoms with Crippen molar-refractivity contribution in [3.63, 3.8) is 0 Å². The first-order chi connectivity index (χ1) is 11.1. The van der Waals surface area contributed by atoms with Crippen LogP contribution >= 0.6 is 0 Å². The van der Waals surface area contributed by atoms with Crippen molar-refractivity contribution in [1.29, 1.82) is 0 Å². The highest BCUT2D eigenvalue weighted by molar-refractivity contribution is 5.39. The van der Waals surface area contributed by atoms with Gasteiger partial charge in [0.1, 0.15) is 5.82 Å². The molecule has 1 aromatic heterocycles. The van der Waals surface area contributed by atoms with Gasteiger partial charge in [0.05, 0.1) is 6.54 Å². The Morgan fingerprint density at radius 3 is 2.50 bits per heavy atom. The van der Waals surface area contributed by atoms with Gasteiger partial charge in [0.2, 0.25) is 0 Å². The van der Waals surface area contributed by atoms with Gasteiger partial charge in [0, 0.05) is 39.8 Å². The second kappa shape index (κ2) is 7.00. The van der Waals surface area contributed by atoms with Crippen LogP contribution in [0.25, 0.3) is 0 Å². The van der Waals surface area contributed by atoms with E-state index in [-0.39, 0.29) is 11.5 Å². The molecule has 1 aromatic rings. The number of halogens is 3. The molecule has 1 saturated heterocycles. The lowest BCUT2D eigenvalue weighted by Crippen LogP contribution is -2.40. The summed E-state index contributed by atoms with van der Waals surface area (Å²) in [6, 6.07) is 1.40. The maximum atomic E-state index is 12.6. The lowest BCUT2D eigenvalue weighted by Gasteiger charge is -2.26. The molecular formula is C15H23F3N4O2. The molecule has 0 aliphatic carbocycles. The van der Waals surface area contributed by atoms with Crippen molar-refractivity contribution < 1.29 is 13.2 Å². The maximum Gasteiger partial charge on any atom is 0.401 e. The number of rotatable bonds is 5. The summed E-state index contributed by atoms with van der Waals surface area (Å²) in [5, 5.41) is 0. The molecule has 1 aliphatic rings. The van der Waals surface area contributed by atoms with Gasteiger partial charge < -0.3 is 4.90 Å². The van der Waals surface area contributed by atoms with Crippen LogP contribution in [0, 0.1) is 5.92 Å². The lowest BCUT2D eigenvalue weighted by molar-refractivity contribution is -0.146. The number of hydrogen-bond acceptors (Lipinski definition) is 4. The van der Waals surface area contributed by atoms with E-state index in [0.717, 1.165) is 11.0 Å². The summed E-state index contributed by atoms with van der Waals surface area (Å²) in [5.41, 5.74) is -0.794. The highest BCUT2D eigenvalue weighted by atomic mass is 19.4. The highest BCUT2D eigenvalue weighted by Gasteiger charge is 2.32. The molecule has 9 heteroatoms. The average molecular weight is 348 g/mol. The van der Waals surface area contributed by atoms with Gasteiger partial charge in [-0.05, 0) is 18.9 Å². The molecule has 2 rings (SSSR count). The van der Waals surface area contributed by atoms with Gasteiger partial charge in [-0.1, -0.05) is 6.92 Å². The van der Waals surface area contributed by atoms with Gasteiger partial charge >= 0.3 is 11.9 Å². The Kier molecular flexibility index (Phi) is 5.42. The van der Waals surface area contributed by atoms with Crippen LogP contribution in [0.15, 0.2) is 15.7 Å². The van der Waals surface area contributed by atoms with Gasteiger partial charge in [-0.2, -0.15) is 13.2 Å². The molecule has 1 unspecified atom stereocenters. The fraction of sp³-hybridized carbons (Fsp3) is 0.733. The zero-order chi connectivity index (χ0) is 18.1. The smallest absolute Gasteiger partial charge is 0.357 e. The number of nitrogens with zero attached hydrogens (tertiary/aromatic N) is 4. The van der Waals surface area contributed by atoms with Crippen molar-refractivity contribution in [1.82, 2.24) is 14.0 Å². The van der Waals surface area contributed by atoms with E-state index in [9.17, 15) is 22.8 Å². The van der Waals surface area contributed by atoms with Crippen LogP contribution in [-0.2, 0) is 14.1 Å². The van der Waals surface area contributed by atoms with Gasteiger partial charge in [-0.25, -0.2) is 4.79 Å². The summed E-state index contributed by atoms with van der Waals surface area (Å²) in [4.78, 5) is 27.1. The third-order valence-electron chi connectivity index (χ3n) is 4.48. The Bertz CT molecular complexity index is 695. The molecule has 1 atom stereocenters. The standard InChI is InChI=1S/C15H23F3N4O2/c1-4-21(10-15(16,17)18)8-11-5-6-22(9-11)12-7-13(23)20(3)14(24)19(12)2/h7,11H,4-6,8-10H2,1-3H3. The van der Waals surface area contributed by atoms with Crippen molar-refractivity contribution in [2.45, 2.75) is 19.5 Å². The van der Waals surface area contributed by atoms with Gasteiger partial charge in [0.15, 0.2) is 0 Å². The second-order valence-electron chi connectivity index (χ2n) is 6.29. The Labute approximate surface area is 138 Å². The summed E-state index contributed by atoms with van der Waals surface area (Å²) in [6.07, 6.45) is -3.47. The number of anilines is 1. The summed E-state index contributed by atoms with van der Waals surface area (Å²) in [6.45, 7) is 2.64. The second-order valence-corrected chi connectivity index (χ2v) is 6.29. The largest absolute Gasteiger partial charge is 0.401 e. The average Bonchev–Trinajstić information content (AvgIpc) is 2.95. The van der Waals surface area contributed by atoms with Crippen LogP contribution < -0.4 is 16.1 Å². The molecule has 0 aromatic carbocycles. The van der Waals surface area contributed by atoms with Crippen LogP contribution in [0.2, 0.25) is 0 Å². The fourth-order valence-corrected chi connectivity index (χ4v) is 3.14. The predicted octanol–water partition coefficient (Wildman–Crippen LogP) is 0.794. The zero-order valence-corrected chi connectivity index (χ0v) is 14.1. The van der Waals surface area contributed by atoms with Crippen molar-refractivity contribution in [3.8, 4) is 0 Å². The Balaban J connectivity index is 2.08. The van der Waals surface area contributed by atoms with Crippen molar-refractivity contribution in [2.24, 2.45) is 20.0 Å². The normalized spacial score (nSPS) is 18.6. The van der Waals surface area contributed by atoms with E-state index in [1.54, 1.807) is 14.0 Å². The van der Waals surface area contributed by atoms with Gasteiger partial charge in [-0.3, -0.25) is 18.8 Å². The topological polar surface area (TPSA) is 50.5 Å². The molecule has 1 fully saturated rings. The number of aromatic nitrogens is 2. The van der Waals surface area contributed by atoms with Crippen molar-refractivity contribution >= 4 is 5.82 Å². The van der Waals surface area contributed by atoms with Crippen LogP contribution in [0.4, 0.5) is 19.0 Å². The minimum atomic E-state index is -4.20. The van der Waals surface area contributed by atoms with E-state index in [1.807, 2.05) is 4.90 Å². The van der Waals surface area contributed by atoms with Crippen molar-refractivity contribution in [3.05, 3.63) is 26.9 Å². The molecule has 0 spiro atoms. The number of alkyl halides is 3. The molecule has 6 nitrogen and oxygen atoms in total. The van der Waals surface area contributed by atoms with Crippen LogP contribution in [0.5, 0.6) is 0 Å². The molecule has 24 heavy (non-hydrogen) atoms. The molecule has 0 saturated carbocycles. The van der Waals surface area contributed by atoms with E-state index < -0.39 is 18.4 Å². The Morgan fingerprint density at radius 2 is 1.92 bits per heavy atom. The Hall–Kier alpha value is -1.77. The van der Waals surface area contributed by atoms with E-state index >= 15 is 0 Å². The first-order valence-electron chi connectivity index (χ1n) is 7.93. The summed E-state index contributed by atoms with van der Waals surface area (Å²) >= 11 is 0. The molecule has 0 N–H and O–H groups in total. The quantitative estimate of drug-likeness (QED) is 0.790. The molecule has 136 valence electrons. The first kappa shape index (κ1) is 18.6. The van der Waals surface area contributed by atoms with Crippen LogP contribution in [0.1, 0.15) is 13.3 Å². The Morgan fingerprint density at radius 1 is 1.25 bits per heavy atom. The first-order valence-corrected chi connectivity index (χ1v) is 7.93. The molecule has 0 amide bonds. The SMILES string of the molecule is CCN(CC1CCN(c2cc(=O)n(C)c(=O)n2C)C1)CC(F)(F)F. The van der Waals surface area contributed by atoms with Crippen LogP contribution in [0.3, 0.4) is 0 Å². The molecular weight excluding hydrogens is 325 g/mol. The molecule has 0 bridgehead atoms. The maximum absolute atomic E-state index is 12.6. The molecule has 0 radical (unpaired) electrons. The molecule has 1 aliphatic heterocycles. The van der Waals surface area contributed by atoms with Crippen molar-refractivity contribution in [2.75, 3.05) is 37.6 Å². The highest BCUT2D eigenvalue weighted by Crippen LogP contribution is 2.24. The summed E-state index contributed by atoms with van der Waals surface area (Å²) in [7, 11) is 3.00. The third kappa shape index (κ3) is 4.19.